The minimum atomic E-state index is 0.0466. The van der Waals surface area contributed by atoms with Gasteiger partial charge in [-0.2, -0.15) is 0 Å². The van der Waals surface area contributed by atoms with Crippen LogP contribution in [0.2, 0.25) is 0 Å². The molecule has 3 heteroatoms. The predicted octanol–water partition coefficient (Wildman–Crippen LogP) is 3.69. The molecule has 3 nitrogen and oxygen atoms in total. The Balaban J connectivity index is 1.77. The monoisotopic (exact) mass is 310 g/mol. The summed E-state index contributed by atoms with van der Waals surface area (Å²) in [5.41, 5.74) is 3.74. The molecule has 2 rings (SSSR count). The van der Waals surface area contributed by atoms with Crippen molar-refractivity contribution in [3.05, 3.63) is 71.3 Å². The van der Waals surface area contributed by atoms with Gasteiger partial charge in [0.2, 0.25) is 5.91 Å². The molecular weight excluding hydrogens is 284 g/mol. The molecule has 0 aliphatic heterocycles. The molecule has 0 aliphatic rings. The Hall–Kier alpha value is -2.13. The van der Waals surface area contributed by atoms with Gasteiger partial charge >= 0.3 is 0 Å². The largest absolute Gasteiger partial charge is 0.350 e. The van der Waals surface area contributed by atoms with Crippen molar-refractivity contribution in [3.63, 3.8) is 0 Å². The smallest absolute Gasteiger partial charge is 0.221 e. The summed E-state index contributed by atoms with van der Waals surface area (Å²) >= 11 is 0. The molecule has 1 atom stereocenters. The minimum Gasteiger partial charge on any atom is -0.350 e. The zero-order valence-electron chi connectivity index (χ0n) is 14.3. The lowest BCUT2D eigenvalue weighted by Crippen LogP contribution is -2.30. The first kappa shape index (κ1) is 17.2. The molecule has 0 aliphatic carbocycles. The van der Waals surface area contributed by atoms with Gasteiger partial charge in [-0.05, 0) is 37.6 Å². The van der Waals surface area contributed by atoms with Crippen molar-refractivity contribution in [1.82, 2.24) is 10.2 Å². The van der Waals surface area contributed by atoms with Crippen LogP contribution in [0, 0.1) is 6.92 Å². The van der Waals surface area contributed by atoms with Crippen LogP contribution >= 0.6 is 0 Å². The number of hydrogen-bond donors (Lipinski definition) is 1. The van der Waals surface area contributed by atoms with E-state index in [-0.39, 0.29) is 11.9 Å². The number of nitrogens with zero attached hydrogens (tertiary/aromatic N) is 1. The molecule has 1 N–H and O–H groups in total. The zero-order chi connectivity index (χ0) is 16.7. The lowest BCUT2D eigenvalue weighted by molar-refractivity contribution is -0.122. The second-order valence-electron chi connectivity index (χ2n) is 6.11. The van der Waals surface area contributed by atoms with Gasteiger partial charge in [0.25, 0.3) is 0 Å². The van der Waals surface area contributed by atoms with E-state index < -0.39 is 0 Å². The highest BCUT2D eigenvalue weighted by Crippen LogP contribution is 2.12. The third-order valence-corrected chi connectivity index (χ3v) is 4.10. The van der Waals surface area contributed by atoms with E-state index >= 15 is 0 Å². The Labute approximate surface area is 139 Å². The van der Waals surface area contributed by atoms with Crippen LogP contribution in [0.25, 0.3) is 0 Å². The van der Waals surface area contributed by atoms with Gasteiger partial charge in [0.15, 0.2) is 0 Å². The standard InChI is InChI=1S/C20H26N2O/c1-16-9-7-8-12-19(16)15-22(3)14-13-20(23)21-17(2)18-10-5-4-6-11-18/h4-12,17H,13-15H2,1-3H3,(H,21,23)/t17-/m1/s1. The molecule has 0 unspecified atom stereocenters. The number of rotatable bonds is 7. The molecule has 0 saturated carbocycles. The van der Waals surface area contributed by atoms with Crippen molar-refractivity contribution in [2.75, 3.05) is 13.6 Å². The van der Waals surface area contributed by atoms with Crippen molar-refractivity contribution in [3.8, 4) is 0 Å². The molecule has 2 aromatic carbocycles. The van der Waals surface area contributed by atoms with Gasteiger partial charge in [-0.15, -0.1) is 0 Å². The van der Waals surface area contributed by atoms with E-state index in [1.54, 1.807) is 0 Å². The second kappa shape index (κ2) is 8.49. The maximum atomic E-state index is 12.1. The fourth-order valence-corrected chi connectivity index (χ4v) is 2.59. The summed E-state index contributed by atoms with van der Waals surface area (Å²) in [4.78, 5) is 14.3. The van der Waals surface area contributed by atoms with Gasteiger partial charge in [0.05, 0.1) is 6.04 Å². The average molecular weight is 310 g/mol. The Morgan fingerprint density at radius 2 is 1.74 bits per heavy atom. The van der Waals surface area contributed by atoms with Crippen molar-refractivity contribution >= 4 is 5.91 Å². The summed E-state index contributed by atoms with van der Waals surface area (Å²) < 4.78 is 0. The van der Waals surface area contributed by atoms with Gasteiger partial charge in [-0.1, -0.05) is 54.6 Å². The molecule has 122 valence electrons. The summed E-state index contributed by atoms with van der Waals surface area (Å²) in [6, 6.07) is 18.5. The molecule has 0 fully saturated rings. The van der Waals surface area contributed by atoms with E-state index in [0.717, 1.165) is 18.7 Å². The van der Waals surface area contributed by atoms with E-state index in [4.69, 9.17) is 0 Å². The number of hydrogen-bond acceptors (Lipinski definition) is 2. The van der Waals surface area contributed by atoms with E-state index in [2.05, 4.69) is 48.5 Å². The fourth-order valence-electron chi connectivity index (χ4n) is 2.59. The van der Waals surface area contributed by atoms with Crippen LogP contribution in [0.5, 0.6) is 0 Å². The molecule has 1 amide bonds. The van der Waals surface area contributed by atoms with Crippen LogP contribution in [0.1, 0.15) is 36.1 Å². The quantitative estimate of drug-likeness (QED) is 0.846. The van der Waals surface area contributed by atoms with E-state index in [0.29, 0.717) is 6.42 Å². The first-order chi connectivity index (χ1) is 11.1. The summed E-state index contributed by atoms with van der Waals surface area (Å²) in [6.45, 7) is 5.76. The first-order valence-electron chi connectivity index (χ1n) is 8.13. The van der Waals surface area contributed by atoms with Gasteiger partial charge in [-0.3, -0.25) is 4.79 Å². The zero-order valence-corrected chi connectivity index (χ0v) is 14.3. The second-order valence-corrected chi connectivity index (χ2v) is 6.11. The number of carbonyl (C=O) groups excluding carboxylic acids is 1. The summed E-state index contributed by atoms with van der Waals surface area (Å²) in [6.07, 6.45) is 0.513. The maximum Gasteiger partial charge on any atom is 0.221 e. The fraction of sp³-hybridized carbons (Fsp3) is 0.350. The molecule has 0 aromatic heterocycles. The number of benzene rings is 2. The maximum absolute atomic E-state index is 12.1. The molecule has 2 aromatic rings. The van der Waals surface area contributed by atoms with Crippen LogP contribution < -0.4 is 5.32 Å². The molecule has 0 spiro atoms. The molecule has 0 bridgehead atoms. The lowest BCUT2D eigenvalue weighted by atomic mass is 10.1. The van der Waals surface area contributed by atoms with Crippen molar-refractivity contribution in [2.24, 2.45) is 0 Å². The highest BCUT2D eigenvalue weighted by Gasteiger charge is 2.10. The highest BCUT2D eigenvalue weighted by molar-refractivity contribution is 5.76. The molecule has 0 heterocycles. The average Bonchev–Trinajstić information content (AvgIpc) is 2.56. The predicted molar refractivity (Wildman–Crippen MR) is 95.1 cm³/mol. The third kappa shape index (κ3) is 5.53. The Bertz CT molecular complexity index is 625. The Morgan fingerprint density at radius 3 is 2.43 bits per heavy atom. The van der Waals surface area contributed by atoms with Gasteiger partial charge < -0.3 is 10.2 Å². The number of aryl methyl sites for hydroxylation is 1. The molecule has 0 radical (unpaired) electrons. The third-order valence-electron chi connectivity index (χ3n) is 4.10. The van der Waals surface area contributed by atoms with Gasteiger partial charge in [0, 0.05) is 19.5 Å². The summed E-state index contributed by atoms with van der Waals surface area (Å²) in [7, 11) is 2.06. The van der Waals surface area contributed by atoms with E-state index in [1.807, 2.05) is 37.3 Å². The Kier molecular flexibility index (Phi) is 6.36. The summed E-state index contributed by atoms with van der Waals surface area (Å²) in [5.74, 6) is 0.0954. The lowest BCUT2D eigenvalue weighted by Gasteiger charge is -2.19. The van der Waals surface area contributed by atoms with Crippen LogP contribution in [0.4, 0.5) is 0 Å². The summed E-state index contributed by atoms with van der Waals surface area (Å²) in [5, 5.41) is 3.06. The van der Waals surface area contributed by atoms with Crippen molar-refractivity contribution in [2.45, 2.75) is 32.9 Å². The topological polar surface area (TPSA) is 32.3 Å². The van der Waals surface area contributed by atoms with Crippen molar-refractivity contribution in [1.29, 1.82) is 0 Å². The van der Waals surface area contributed by atoms with Crippen molar-refractivity contribution < 1.29 is 4.79 Å². The van der Waals surface area contributed by atoms with Crippen LogP contribution in [0.15, 0.2) is 54.6 Å². The SMILES string of the molecule is Cc1ccccc1CN(C)CCC(=O)N[C@H](C)c1ccccc1. The minimum absolute atomic E-state index is 0.0466. The number of nitrogens with one attached hydrogen (secondary N) is 1. The number of carbonyl (C=O) groups is 1. The molecular formula is C20H26N2O. The number of amides is 1. The molecule has 23 heavy (non-hydrogen) atoms. The van der Waals surface area contributed by atoms with Gasteiger partial charge in [0.1, 0.15) is 0 Å². The highest BCUT2D eigenvalue weighted by atomic mass is 16.1. The van der Waals surface area contributed by atoms with Gasteiger partial charge in [-0.25, -0.2) is 0 Å². The van der Waals surface area contributed by atoms with Crippen LogP contribution in [0.3, 0.4) is 0 Å². The van der Waals surface area contributed by atoms with E-state index in [1.165, 1.54) is 11.1 Å². The van der Waals surface area contributed by atoms with Crippen LogP contribution in [-0.4, -0.2) is 24.4 Å². The van der Waals surface area contributed by atoms with Crippen LogP contribution in [-0.2, 0) is 11.3 Å². The first-order valence-corrected chi connectivity index (χ1v) is 8.13. The normalized spacial score (nSPS) is 12.2. The Morgan fingerprint density at radius 1 is 1.09 bits per heavy atom. The molecule has 0 saturated heterocycles. The van der Waals surface area contributed by atoms with E-state index in [9.17, 15) is 4.79 Å².